The van der Waals surface area contributed by atoms with E-state index in [9.17, 15) is 18.0 Å². The average Bonchev–Trinajstić information content (AvgIpc) is 3.21. The molecule has 0 aliphatic carbocycles. The maximum absolute atomic E-state index is 13.1. The topological polar surface area (TPSA) is 125 Å². The number of carbonyl (C=O) groups excluding carboxylic acids is 1. The zero-order valence-electron chi connectivity index (χ0n) is 16.9. The van der Waals surface area contributed by atoms with Gasteiger partial charge in [0.1, 0.15) is 0 Å². The summed E-state index contributed by atoms with van der Waals surface area (Å²) in [5.41, 5.74) is 1.86. The van der Waals surface area contributed by atoms with Crippen LogP contribution in [0.2, 0.25) is 0 Å². The Morgan fingerprint density at radius 2 is 1.90 bits per heavy atom. The molecule has 162 valence electrons. The second-order valence-electron chi connectivity index (χ2n) is 7.42. The summed E-state index contributed by atoms with van der Waals surface area (Å²) in [6, 6.07) is 11.4. The number of sulfonamides is 1. The molecule has 2 aromatic carbocycles. The highest BCUT2D eigenvalue weighted by Crippen LogP contribution is 2.25. The smallest absolute Gasteiger partial charge is 0.322 e. The van der Waals surface area contributed by atoms with Crippen molar-refractivity contribution >= 4 is 21.6 Å². The first-order chi connectivity index (χ1) is 14.8. The first-order valence-electron chi connectivity index (χ1n) is 9.93. The van der Waals surface area contributed by atoms with Crippen LogP contribution in [0.3, 0.4) is 0 Å². The molecule has 9 nitrogen and oxygen atoms in total. The number of carbonyl (C=O) groups is 1. The van der Waals surface area contributed by atoms with Crippen LogP contribution in [0.15, 0.2) is 56.7 Å². The lowest BCUT2D eigenvalue weighted by molar-refractivity contribution is 0.102. The van der Waals surface area contributed by atoms with Crippen LogP contribution in [0.5, 0.6) is 0 Å². The summed E-state index contributed by atoms with van der Waals surface area (Å²) in [5.74, 6) is -0.876. The van der Waals surface area contributed by atoms with Gasteiger partial charge in [-0.15, -0.1) is 0 Å². The van der Waals surface area contributed by atoms with Crippen LogP contribution in [0, 0.1) is 6.92 Å². The zero-order valence-corrected chi connectivity index (χ0v) is 17.7. The SMILES string of the molecule is Cc1ccc(C(=O)Nc2cccc(-c3noc(=O)[nH]3)c2)cc1S(=O)(=O)N1CCCCC1. The Morgan fingerprint density at radius 3 is 2.61 bits per heavy atom. The summed E-state index contributed by atoms with van der Waals surface area (Å²) in [7, 11) is -3.66. The van der Waals surface area contributed by atoms with Gasteiger partial charge in [0.2, 0.25) is 10.0 Å². The molecule has 0 radical (unpaired) electrons. The van der Waals surface area contributed by atoms with Gasteiger partial charge >= 0.3 is 5.76 Å². The summed E-state index contributed by atoms with van der Waals surface area (Å²) < 4.78 is 32.2. The van der Waals surface area contributed by atoms with Gasteiger partial charge in [0.05, 0.1) is 4.90 Å². The number of nitrogens with zero attached hydrogens (tertiary/aromatic N) is 2. The standard InChI is InChI=1S/C21H22N4O5S/c1-14-8-9-16(13-18(14)31(28,29)25-10-3-2-4-11-25)20(26)22-17-7-5-6-15(12-17)19-23-21(27)30-24-19/h5-9,12-13H,2-4,10-11H2,1H3,(H,22,26)(H,23,24,27). The molecular weight excluding hydrogens is 420 g/mol. The van der Waals surface area contributed by atoms with Crippen LogP contribution in [0.1, 0.15) is 35.2 Å². The van der Waals surface area contributed by atoms with E-state index in [0.717, 1.165) is 19.3 Å². The van der Waals surface area contributed by atoms with Crippen molar-refractivity contribution in [1.29, 1.82) is 0 Å². The zero-order chi connectivity index (χ0) is 22.0. The van der Waals surface area contributed by atoms with Crippen molar-refractivity contribution in [3.8, 4) is 11.4 Å². The highest BCUT2D eigenvalue weighted by atomic mass is 32.2. The van der Waals surface area contributed by atoms with Crippen molar-refractivity contribution in [3.63, 3.8) is 0 Å². The second-order valence-corrected chi connectivity index (χ2v) is 9.33. The molecular formula is C21H22N4O5S. The van der Waals surface area contributed by atoms with E-state index >= 15 is 0 Å². The minimum atomic E-state index is -3.66. The third-order valence-electron chi connectivity index (χ3n) is 5.22. The van der Waals surface area contributed by atoms with Crippen molar-refractivity contribution in [1.82, 2.24) is 14.4 Å². The molecule has 0 unspecified atom stereocenters. The molecule has 1 aliphatic heterocycles. The second kappa shape index (κ2) is 8.48. The Bertz CT molecular complexity index is 1270. The molecule has 4 rings (SSSR count). The van der Waals surface area contributed by atoms with E-state index in [4.69, 9.17) is 0 Å². The molecule has 1 aliphatic rings. The first-order valence-corrected chi connectivity index (χ1v) is 11.4. The number of nitrogens with one attached hydrogen (secondary N) is 2. The van der Waals surface area contributed by atoms with Gasteiger partial charge in [-0.05, 0) is 49.6 Å². The number of aromatic amines is 1. The van der Waals surface area contributed by atoms with Crippen LogP contribution in [0.25, 0.3) is 11.4 Å². The van der Waals surface area contributed by atoms with Crippen molar-refractivity contribution in [2.45, 2.75) is 31.1 Å². The normalized spacial score (nSPS) is 15.0. The lowest BCUT2D eigenvalue weighted by atomic mass is 10.1. The highest BCUT2D eigenvalue weighted by molar-refractivity contribution is 7.89. The molecule has 0 saturated carbocycles. The number of amides is 1. The fraction of sp³-hybridized carbons (Fsp3) is 0.286. The molecule has 31 heavy (non-hydrogen) atoms. The molecule has 2 N–H and O–H groups in total. The van der Waals surface area contributed by atoms with Gasteiger partial charge in [-0.1, -0.05) is 29.8 Å². The highest BCUT2D eigenvalue weighted by Gasteiger charge is 2.28. The summed E-state index contributed by atoms with van der Waals surface area (Å²) in [5, 5.41) is 6.39. The van der Waals surface area contributed by atoms with Crippen molar-refractivity contribution in [2.24, 2.45) is 0 Å². The lowest BCUT2D eigenvalue weighted by Crippen LogP contribution is -2.36. The maximum atomic E-state index is 13.1. The monoisotopic (exact) mass is 442 g/mol. The first kappa shape index (κ1) is 21.0. The summed E-state index contributed by atoms with van der Waals surface area (Å²) in [6.45, 7) is 2.71. The average molecular weight is 442 g/mol. The molecule has 0 bridgehead atoms. The van der Waals surface area contributed by atoms with Crippen LogP contribution >= 0.6 is 0 Å². The minimum absolute atomic E-state index is 0.149. The van der Waals surface area contributed by atoms with Gasteiger partial charge in [0, 0.05) is 29.9 Å². The van der Waals surface area contributed by atoms with E-state index in [-0.39, 0.29) is 16.3 Å². The fourth-order valence-corrected chi connectivity index (χ4v) is 5.33. The number of piperidine rings is 1. The number of aromatic nitrogens is 2. The number of hydrogen-bond donors (Lipinski definition) is 2. The van der Waals surface area contributed by atoms with Gasteiger partial charge in [-0.2, -0.15) is 4.31 Å². The largest absolute Gasteiger partial charge is 0.439 e. The van der Waals surface area contributed by atoms with Crippen molar-refractivity contribution < 1.29 is 17.7 Å². The van der Waals surface area contributed by atoms with Crippen LogP contribution in [-0.2, 0) is 10.0 Å². The Morgan fingerprint density at radius 1 is 1.13 bits per heavy atom. The summed E-state index contributed by atoms with van der Waals surface area (Å²) >= 11 is 0. The van der Waals surface area contributed by atoms with Gasteiger partial charge < -0.3 is 5.32 Å². The molecule has 10 heteroatoms. The van der Waals surface area contributed by atoms with Gasteiger partial charge in [-0.3, -0.25) is 14.3 Å². The predicted molar refractivity (Wildman–Crippen MR) is 114 cm³/mol. The van der Waals surface area contributed by atoms with E-state index in [2.05, 4.69) is 20.0 Å². The Kier molecular flexibility index (Phi) is 5.75. The van der Waals surface area contributed by atoms with E-state index in [0.29, 0.717) is 29.9 Å². The molecule has 1 amide bonds. The van der Waals surface area contributed by atoms with Crippen LogP contribution in [0.4, 0.5) is 5.69 Å². The number of H-pyrrole nitrogens is 1. The van der Waals surface area contributed by atoms with Crippen LogP contribution < -0.4 is 11.1 Å². The third-order valence-corrected chi connectivity index (χ3v) is 7.26. The van der Waals surface area contributed by atoms with Crippen molar-refractivity contribution in [2.75, 3.05) is 18.4 Å². The van der Waals surface area contributed by atoms with Gasteiger partial charge in [0.15, 0.2) is 5.82 Å². The van der Waals surface area contributed by atoms with Gasteiger partial charge in [0.25, 0.3) is 5.91 Å². The molecule has 3 aromatic rings. The van der Waals surface area contributed by atoms with E-state index in [1.54, 1.807) is 43.3 Å². The number of anilines is 1. The van der Waals surface area contributed by atoms with Gasteiger partial charge in [-0.25, -0.2) is 13.2 Å². The minimum Gasteiger partial charge on any atom is -0.322 e. The van der Waals surface area contributed by atoms with E-state index in [1.165, 1.54) is 10.4 Å². The molecule has 0 spiro atoms. The molecule has 1 fully saturated rings. The molecule has 2 heterocycles. The number of benzene rings is 2. The third kappa shape index (κ3) is 4.44. The predicted octanol–water partition coefficient (Wildman–Crippen LogP) is 2.77. The Hall–Kier alpha value is -3.24. The number of hydrogen-bond acceptors (Lipinski definition) is 6. The number of aryl methyl sites for hydroxylation is 1. The maximum Gasteiger partial charge on any atom is 0.439 e. The number of rotatable bonds is 5. The summed E-state index contributed by atoms with van der Waals surface area (Å²) in [6.07, 6.45) is 2.70. The van der Waals surface area contributed by atoms with Crippen LogP contribution in [-0.4, -0.2) is 41.9 Å². The molecule has 1 saturated heterocycles. The molecule has 0 atom stereocenters. The quantitative estimate of drug-likeness (QED) is 0.626. The lowest BCUT2D eigenvalue weighted by Gasteiger charge is -2.26. The molecule has 1 aromatic heterocycles. The van der Waals surface area contributed by atoms with E-state index < -0.39 is 21.7 Å². The van der Waals surface area contributed by atoms with Crippen molar-refractivity contribution in [3.05, 3.63) is 64.1 Å². The fourth-order valence-electron chi connectivity index (χ4n) is 3.57. The van der Waals surface area contributed by atoms with E-state index in [1.807, 2.05) is 0 Å². The Balaban J connectivity index is 1.58. The summed E-state index contributed by atoms with van der Waals surface area (Å²) in [4.78, 5) is 26.6. The Labute approximate surface area is 179 Å².